The molecule has 0 amide bonds. The third kappa shape index (κ3) is 7.54. The molecule has 2 aromatic carbocycles. The number of ether oxygens (including phenoxy) is 3. The van der Waals surface area contributed by atoms with E-state index in [0.717, 1.165) is 16.1 Å². The van der Waals surface area contributed by atoms with Crippen LogP contribution in [0.2, 0.25) is 0 Å². The van der Waals surface area contributed by atoms with E-state index in [1.54, 1.807) is 32.9 Å². The summed E-state index contributed by atoms with van der Waals surface area (Å²) >= 11 is 1.22. The van der Waals surface area contributed by atoms with Gasteiger partial charge in [0.2, 0.25) is 10.0 Å². The lowest BCUT2D eigenvalue weighted by Gasteiger charge is -2.32. The smallest absolute Gasteiger partial charge is 0.351 e. The molecular formula is C31H35N3O7S2. The number of piperidine rings is 1. The van der Waals surface area contributed by atoms with Crippen molar-refractivity contribution in [3.63, 3.8) is 0 Å². The second-order valence-corrected chi connectivity index (χ2v) is 14.0. The minimum atomic E-state index is -3.77. The van der Waals surface area contributed by atoms with E-state index in [4.69, 9.17) is 14.2 Å². The fourth-order valence-electron chi connectivity index (χ4n) is 4.83. The van der Waals surface area contributed by atoms with Gasteiger partial charge in [0.15, 0.2) is 11.5 Å². The Hall–Kier alpha value is -3.92. The Morgan fingerprint density at radius 1 is 1.12 bits per heavy atom. The molecule has 1 aliphatic heterocycles. The van der Waals surface area contributed by atoms with Crippen molar-refractivity contribution in [2.75, 3.05) is 32.1 Å². The summed E-state index contributed by atoms with van der Waals surface area (Å²) in [5.74, 6) is -0.829. The minimum absolute atomic E-state index is 0.0312. The number of hydrogen-bond donors (Lipinski definition) is 1. The lowest BCUT2D eigenvalue weighted by atomic mass is 10.0. The number of nitriles is 1. The van der Waals surface area contributed by atoms with Crippen LogP contribution in [-0.4, -0.2) is 63.1 Å². The van der Waals surface area contributed by atoms with Gasteiger partial charge >= 0.3 is 11.9 Å². The summed E-state index contributed by atoms with van der Waals surface area (Å²) in [4.78, 5) is 25.9. The van der Waals surface area contributed by atoms with Crippen LogP contribution in [0.4, 0.5) is 5.69 Å². The van der Waals surface area contributed by atoms with E-state index in [0.29, 0.717) is 31.5 Å². The van der Waals surface area contributed by atoms with Gasteiger partial charge in [0.05, 0.1) is 17.6 Å². The molecule has 2 heterocycles. The highest BCUT2D eigenvalue weighted by Crippen LogP contribution is 2.42. The van der Waals surface area contributed by atoms with Crippen LogP contribution in [0.1, 0.15) is 54.4 Å². The molecule has 10 nitrogen and oxygen atoms in total. The summed E-state index contributed by atoms with van der Waals surface area (Å²) in [5.41, 5.74) is 1.86. The molecule has 0 bridgehead atoms. The van der Waals surface area contributed by atoms with Crippen molar-refractivity contribution >= 4 is 39.0 Å². The zero-order chi connectivity index (χ0) is 31.4. The third-order valence-corrected chi connectivity index (χ3v) is 10.1. The Morgan fingerprint density at radius 3 is 2.47 bits per heavy atom. The molecular weight excluding hydrogens is 590 g/mol. The lowest BCUT2D eigenvalue weighted by Crippen LogP contribution is -2.42. The van der Waals surface area contributed by atoms with Crippen LogP contribution < -0.4 is 10.1 Å². The van der Waals surface area contributed by atoms with Crippen LogP contribution >= 0.6 is 11.3 Å². The normalized spacial score (nSPS) is 14.5. The molecule has 0 spiro atoms. The van der Waals surface area contributed by atoms with Gasteiger partial charge in [0, 0.05) is 35.3 Å². The summed E-state index contributed by atoms with van der Waals surface area (Å²) in [6, 6.07) is 16.0. The average molecular weight is 626 g/mol. The zero-order valence-electron chi connectivity index (χ0n) is 24.8. The number of nitrogens with zero attached hydrogens (tertiary/aromatic N) is 2. The number of sulfonamides is 1. The number of hydrogen-bond acceptors (Lipinski definition) is 10. The number of esters is 2. The van der Waals surface area contributed by atoms with Crippen LogP contribution in [-0.2, 0) is 24.3 Å². The first kappa shape index (κ1) is 32.0. The number of nitrogens with one attached hydrogen (secondary N) is 1. The molecule has 1 fully saturated rings. The molecule has 0 radical (unpaired) electrons. The fourth-order valence-corrected chi connectivity index (χ4v) is 7.60. The van der Waals surface area contributed by atoms with E-state index in [9.17, 15) is 23.3 Å². The van der Waals surface area contributed by atoms with E-state index >= 15 is 0 Å². The summed E-state index contributed by atoms with van der Waals surface area (Å²) in [5, 5.41) is 12.9. The quantitative estimate of drug-likeness (QED) is 0.312. The van der Waals surface area contributed by atoms with Crippen molar-refractivity contribution in [3.05, 3.63) is 64.5 Å². The van der Waals surface area contributed by atoms with Gasteiger partial charge < -0.3 is 19.5 Å². The fraction of sp³-hybridized carbons (Fsp3) is 0.387. The molecule has 0 saturated carbocycles. The van der Waals surface area contributed by atoms with Crippen molar-refractivity contribution in [2.45, 2.75) is 57.1 Å². The van der Waals surface area contributed by atoms with Crippen LogP contribution in [0, 0.1) is 18.3 Å². The van der Waals surface area contributed by atoms with Gasteiger partial charge in [0.1, 0.15) is 17.4 Å². The molecule has 1 aromatic heterocycles. The van der Waals surface area contributed by atoms with Crippen LogP contribution in [0.25, 0.3) is 10.4 Å². The summed E-state index contributed by atoms with van der Waals surface area (Å²) in [7, 11) is -2.48. The van der Waals surface area contributed by atoms with Crippen LogP contribution in [0.3, 0.4) is 0 Å². The van der Waals surface area contributed by atoms with Gasteiger partial charge in [-0.3, -0.25) is 0 Å². The van der Waals surface area contributed by atoms with Gasteiger partial charge in [-0.05, 0) is 70.4 Å². The first-order valence-corrected chi connectivity index (χ1v) is 16.0. The van der Waals surface area contributed by atoms with Crippen molar-refractivity contribution in [3.8, 4) is 22.3 Å². The molecule has 4 rings (SSSR count). The lowest BCUT2D eigenvalue weighted by molar-refractivity contribution is -0.157. The Labute approximate surface area is 256 Å². The first-order valence-electron chi connectivity index (χ1n) is 13.8. The molecule has 1 saturated heterocycles. The van der Waals surface area contributed by atoms with Gasteiger partial charge in [0.25, 0.3) is 0 Å². The highest BCUT2D eigenvalue weighted by Gasteiger charge is 2.31. The Kier molecular flexibility index (Phi) is 9.79. The minimum Gasteiger partial charge on any atom is -0.480 e. The van der Waals surface area contributed by atoms with Gasteiger partial charge in [-0.2, -0.15) is 9.57 Å². The second kappa shape index (κ2) is 13.2. The monoisotopic (exact) mass is 625 g/mol. The summed E-state index contributed by atoms with van der Waals surface area (Å²) < 4.78 is 43.9. The van der Waals surface area contributed by atoms with E-state index in [-0.39, 0.29) is 33.7 Å². The van der Waals surface area contributed by atoms with Crippen molar-refractivity contribution in [2.24, 2.45) is 0 Å². The Bertz CT molecular complexity index is 1640. The average Bonchev–Trinajstić information content (AvgIpc) is 3.31. The molecule has 1 aliphatic rings. The molecule has 0 atom stereocenters. The van der Waals surface area contributed by atoms with Gasteiger partial charge in [-0.25, -0.2) is 18.0 Å². The predicted octanol–water partition coefficient (Wildman–Crippen LogP) is 5.37. The van der Waals surface area contributed by atoms with E-state index in [1.807, 2.05) is 37.3 Å². The molecule has 12 heteroatoms. The molecule has 1 N–H and O–H groups in total. The van der Waals surface area contributed by atoms with Crippen molar-refractivity contribution in [1.82, 2.24) is 4.31 Å². The summed E-state index contributed by atoms with van der Waals surface area (Å²) in [6.07, 6.45) is 1.18. The predicted molar refractivity (Wildman–Crippen MR) is 164 cm³/mol. The Morgan fingerprint density at radius 2 is 1.81 bits per heavy atom. The number of benzene rings is 2. The number of anilines is 1. The Balaban J connectivity index is 1.48. The first-order chi connectivity index (χ1) is 20.3. The number of carbonyl (C=O) groups excluding carboxylic acids is 2. The van der Waals surface area contributed by atoms with Gasteiger partial charge in [-0.15, -0.1) is 11.3 Å². The third-order valence-electron chi connectivity index (χ3n) is 6.79. The van der Waals surface area contributed by atoms with E-state index in [2.05, 4.69) is 5.32 Å². The van der Waals surface area contributed by atoms with Gasteiger partial charge in [-0.1, -0.05) is 24.3 Å². The largest absolute Gasteiger partial charge is 0.480 e. The molecule has 0 aliphatic carbocycles. The molecule has 3 aromatic rings. The highest BCUT2D eigenvalue weighted by atomic mass is 32.2. The van der Waals surface area contributed by atoms with Crippen molar-refractivity contribution < 1.29 is 32.2 Å². The highest BCUT2D eigenvalue weighted by molar-refractivity contribution is 7.89. The molecule has 228 valence electrons. The SMILES string of the molecule is COC(=O)c1sc(-c2cccc(NC3CCN(S(=O)(=O)c4ccccc4C#N)CC3)c2)c(C)c1OCC(=O)OC(C)(C)C. The topological polar surface area (TPSA) is 135 Å². The van der Waals surface area contributed by atoms with Crippen LogP contribution in [0.15, 0.2) is 53.4 Å². The maximum atomic E-state index is 13.2. The maximum absolute atomic E-state index is 13.2. The number of rotatable bonds is 9. The number of thiophene rings is 1. The molecule has 43 heavy (non-hydrogen) atoms. The molecule has 0 unspecified atom stereocenters. The number of methoxy groups -OCH3 is 1. The second-order valence-electron chi connectivity index (χ2n) is 11.1. The van der Waals surface area contributed by atoms with E-state index in [1.165, 1.54) is 34.9 Å². The zero-order valence-corrected chi connectivity index (χ0v) is 26.4. The summed E-state index contributed by atoms with van der Waals surface area (Å²) in [6.45, 7) is 7.41. The van der Waals surface area contributed by atoms with E-state index < -0.39 is 27.6 Å². The van der Waals surface area contributed by atoms with Crippen LogP contribution in [0.5, 0.6) is 5.75 Å². The van der Waals surface area contributed by atoms with Crippen molar-refractivity contribution in [1.29, 1.82) is 5.26 Å². The standard InChI is InChI=1S/C31H35N3O7S2/c1-20-27(40-19-26(35)41-31(2,3)4)29(30(36)39-5)42-28(20)21-10-8-11-24(17-21)33-23-13-15-34(16-14-23)43(37,38)25-12-7-6-9-22(25)18-32/h6-12,17,23,33H,13-16,19H2,1-5H3. The number of carbonyl (C=O) groups is 2. The maximum Gasteiger partial charge on any atom is 0.351 e.